The van der Waals surface area contributed by atoms with E-state index >= 15 is 0 Å². The predicted octanol–water partition coefficient (Wildman–Crippen LogP) is 12.7. The van der Waals surface area contributed by atoms with Crippen molar-refractivity contribution in [2.24, 2.45) is 23.7 Å². The molecule has 0 bridgehead atoms. The highest BCUT2D eigenvalue weighted by Crippen LogP contribution is 2.47. The summed E-state index contributed by atoms with van der Waals surface area (Å²) >= 11 is 0. The van der Waals surface area contributed by atoms with Crippen LogP contribution in [0.4, 0.5) is 0 Å². The quantitative estimate of drug-likeness (QED) is 0.0951. The Labute approximate surface area is 480 Å². The maximum atomic E-state index is 11.3. The van der Waals surface area contributed by atoms with E-state index in [0.29, 0.717) is 45.4 Å². The fraction of sp³-hybridized carbons (Fsp3) is 0.683. The summed E-state index contributed by atoms with van der Waals surface area (Å²) in [6, 6.07) is 34.3. The minimum absolute atomic E-state index is 0.0702. The summed E-state index contributed by atoms with van der Waals surface area (Å²) in [5.74, 6) is 0.911. The second kappa shape index (κ2) is 34.2. The largest absolute Gasteiger partial charge is 0.384 e. The van der Waals surface area contributed by atoms with Gasteiger partial charge in [-0.1, -0.05) is 146 Å². The van der Waals surface area contributed by atoms with Gasteiger partial charge in [0.25, 0.3) is 0 Å². The van der Waals surface area contributed by atoms with Crippen LogP contribution in [0.15, 0.2) is 91.0 Å². The van der Waals surface area contributed by atoms with Gasteiger partial charge in [0, 0.05) is 37.9 Å². The lowest BCUT2D eigenvalue weighted by atomic mass is 9.83. The number of ether oxygens (including phenoxy) is 9. The average molecular weight is 1140 g/mol. The van der Waals surface area contributed by atoms with E-state index in [4.69, 9.17) is 62.2 Å². The normalized spacial score (nSPS) is 33.3. The van der Waals surface area contributed by atoms with Crippen molar-refractivity contribution in [1.82, 2.24) is 0 Å². The van der Waals surface area contributed by atoms with Crippen LogP contribution in [0.25, 0.3) is 0 Å². The van der Waals surface area contributed by atoms with Gasteiger partial charge in [-0.15, -0.1) is 0 Å². The number of methoxy groups -OCH3 is 2. The van der Waals surface area contributed by atoms with Gasteiger partial charge in [-0.2, -0.15) is 10.5 Å². The summed E-state index contributed by atoms with van der Waals surface area (Å²) in [4.78, 5) is 0. The zero-order chi connectivity index (χ0) is 59.7. The van der Waals surface area contributed by atoms with Crippen LogP contribution in [0, 0.1) is 46.3 Å². The van der Waals surface area contributed by atoms with Crippen molar-refractivity contribution in [2.45, 2.75) is 221 Å². The molecule has 80 heavy (non-hydrogen) atoms. The van der Waals surface area contributed by atoms with Gasteiger partial charge in [-0.25, -0.2) is 0 Å². The van der Waals surface area contributed by atoms with Crippen LogP contribution in [0.3, 0.4) is 0 Å². The highest BCUT2D eigenvalue weighted by atomic mass is 31.2. The van der Waals surface area contributed by atoms with Crippen molar-refractivity contribution in [3.05, 3.63) is 108 Å². The molecule has 16 nitrogen and oxygen atoms in total. The molecule has 450 valence electrons. The number of rotatable bonds is 21. The van der Waals surface area contributed by atoms with Crippen molar-refractivity contribution in [1.29, 1.82) is 10.5 Å². The second-order valence-electron chi connectivity index (χ2n) is 21.7. The predicted molar refractivity (Wildman–Crippen MR) is 310 cm³/mol. The molecule has 4 heterocycles. The highest BCUT2D eigenvalue weighted by Gasteiger charge is 2.54. The first-order valence-corrected chi connectivity index (χ1v) is 30.5. The van der Waals surface area contributed by atoms with Gasteiger partial charge in [0.05, 0.1) is 87.7 Å². The first kappa shape index (κ1) is 70.6. The van der Waals surface area contributed by atoms with E-state index in [-0.39, 0.29) is 60.7 Å². The molecule has 0 aromatic heterocycles. The highest BCUT2D eigenvalue weighted by molar-refractivity contribution is 7.54. The lowest BCUT2D eigenvalue weighted by Gasteiger charge is -2.33. The van der Waals surface area contributed by atoms with E-state index in [0.717, 1.165) is 36.8 Å². The van der Waals surface area contributed by atoms with Gasteiger partial charge in [0.15, 0.2) is 18.9 Å². The van der Waals surface area contributed by atoms with E-state index in [9.17, 15) is 14.8 Å². The number of nitriles is 2. The lowest BCUT2D eigenvalue weighted by molar-refractivity contribution is -0.205. The second-order valence-corrected chi connectivity index (χ2v) is 23.7. The van der Waals surface area contributed by atoms with Crippen LogP contribution in [-0.4, -0.2) is 116 Å². The molecule has 16 atom stereocenters. The van der Waals surface area contributed by atoms with E-state index in [1.54, 1.807) is 41.1 Å². The Balaban J connectivity index is 0.000000268. The van der Waals surface area contributed by atoms with E-state index in [1.807, 2.05) is 80.6 Å². The molecular formula is C63H99N2O14P. The molecule has 4 aliphatic heterocycles. The van der Waals surface area contributed by atoms with Gasteiger partial charge in [-0.05, 0) is 83.9 Å². The Morgan fingerprint density at radius 3 is 1.25 bits per heavy atom. The van der Waals surface area contributed by atoms with Crippen LogP contribution in [-0.2, 0) is 76.1 Å². The third-order valence-corrected chi connectivity index (χ3v) is 18.4. The molecule has 0 spiro atoms. The first-order valence-electron chi connectivity index (χ1n) is 28.8. The topological polar surface area (TPSA) is 207 Å². The number of nitrogens with zero attached hydrogens (tertiary/aromatic N) is 2. The van der Waals surface area contributed by atoms with Crippen LogP contribution < -0.4 is 0 Å². The Kier molecular flexibility index (Phi) is 30.2. The average Bonchev–Trinajstić information content (AvgIpc) is 4.21. The molecule has 3 aromatic carbocycles. The fourth-order valence-corrected chi connectivity index (χ4v) is 11.7. The van der Waals surface area contributed by atoms with Gasteiger partial charge < -0.3 is 61.9 Å². The van der Waals surface area contributed by atoms with Crippen molar-refractivity contribution in [2.75, 3.05) is 33.6 Å². The summed E-state index contributed by atoms with van der Waals surface area (Å²) in [6.45, 7) is 30.3. The van der Waals surface area contributed by atoms with E-state index in [1.165, 1.54) is 5.56 Å². The van der Waals surface area contributed by atoms with Crippen molar-refractivity contribution in [3.8, 4) is 12.1 Å². The monoisotopic (exact) mass is 1140 g/mol. The minimum Gasteiger partial charge on any atom is -0.384 e. The molecule has 3 aromatic rings. The fourth-order valence-electron chi connectivity index (χ4n) is 10.5. The zero-order valence-corrected chi connectivity index (χ0v) is 51.9. The number of hydrogen-bond acceptors (Lipinski definition) is 16. The summed E-state index contributed by atoms with van der Waals surface area (Å²) in [5, 5.41) is 37.3. The molecule has 4 aliphatic rings. The van der Waals surface area contributed by atoms with Crippen LogP contribution >= 0.6 is 7.60 Å². The molecule has 0 amide bonds. The lowest BCUT2D eigenvalue weighted by Crippen LogP contribution is -2.44. The van der Waals surface area contributed by atoms with Gasteiger partial charge >= 0.3 is 7.60 Å². The zero-order valence-electron chi connectivity index (χ0n) is 51.0. The standard InChI is InChI=1S/C17H23NO2.C16H24O3.C15H22O3.C9H18O3.C6H12NO3P/c1-4-15-13(2)17(3,16(20-15)10-11-18)19-12-14-8-6-5-7-9-14;1-5-14-12(2)16(3,15(17-4)19-14)18-11-13-9-7-6-8-10-13;1-4-13-11(2)15(3,14(16)18-13)17-10-12-8-6-5-7-9-12;1-5-7-6(2)9(3,10)8(11-4)12-7;1-3-9-11(8,6-5-7)10-4-2/h5-9,13,15-16H,4,10,12H2,1-3H3;6-10,12,14-15H,5,11H2,1-4H3;5-9,11,13-14,16H,4,10H2,1-3H3;6-8,10H,5H2,1-4H3;3-4,6H2,1-2H3/t13-,15-,16?,17-;12-,14-,15+,16-;11-,13-,14?,15-;6-,7-,8+,9-;/m1111./s1. The van der Waals surface area contributed by atoms with Crippen molar-refractivity contribution in [3.63, 3.8) is 0 Å². The third kappa shape index (κ3) is 18.9. The summed E-state index contributed by atoms with van der Waals surface area (Å²) < 4.78 is 72.9. The molecule has 0 radical (unpaired) electrons. The molecule has 0 aliphatic carbocycles. The Morgan fingerprint density at radius 1 is 0.525 bits per heavy atom. The van der Waals surface area contributed by atoms with Crippen molar-refractivity contribution < 1.29 is 66.5 Å². The van der Waals surface area contributed by atoms with E-state index < -0.39 is 42.6 Å². The summed E-state index contributed by atoms with van der Waals surface area (Å²) in [7, 11) is 0.159. The first-order chi connectivity index (χ1) is 38.0. The van der Waals surface area contributed by atoms with Gasteiger partial charge in [0.2, 0.25) is 0 Å². The molecule has 0 saturated carbocycles. The number of benzene rings is 3. The SMILES string of the molecule is CCOP(=O)(CC#N)OCC.CC[C@H]1OC(CC#N)[C@](C)(OCc2ccccc2)[C@@H]1C.CC[C@H]1OC(O)[C@](C)(OCc2ccccc2)[C@@H]1C.CC[C@H]1O[C@H](OC)[C@](C)(O)[C@@H]1C.CC[C@H]1O[C@H](OC)[C@](C)(OCc2ccccc2)[C@@H]1C. The maximum absolute atomic E-state index is 11.3. The van der Waals surface area contributed by atoms with Crippen LogP contribution in [0.1, 0.15) is 146 Å². The molecule has 7 rings (SSSR count). The Morgan fingerprint density at radius 2 is 0.887 bits per heavy atom. The van der Waals surface area contributed by atoms with E-state index in [2.05, 4.69) is 92.6 Å². The Bertz CT molecular complexity index is 2290. The number of aliphatic hydroxyl groups is 2. The Hall–Kier alpha value is -3.65. The van der Waals surface area contributed by atoms with Gasteiger partial charge in [-0.3, -0.25) is 4.57 Å². The van der Waals surface area contributed by atoms with Crippen LogP contribution in [0.2, 0.25) is 0 Å². The molecule has 4 fully saturated rings. The number of hydrogen-bond donors (Lipinski definition) is 2. The number of aliphatic hydroxyl groups excluding tert-OH is 1. The summed E-state index contributed by atoms with van der Waals surface area (Å²) in [6.07, 6.45) is 2.75. The molecule has 4 saturated heterocycles. The molecule has 2 N–H and O–H groups in total. The summed E-state index contributed by atoms with van der Waals surface area (Å²) in [5.41, 5.74) is 1.16. The molecule has 2 unspecified atom stereocenters. The smallest absolute Gasteiger partial charge is 0.344 e. The van der Waals surface area contributed by atoms with Crippen molar-refractivity contribution >= 4 is 7.60 Å². The van der Waals surface area contributed by atoms with Gasteiger partial charge in [0.1, 0.15) is 23.0 Å². The minimum atomic E-state index is -3.08. The molecular weight excluding hydrogens is 1040 g/mol. The maximum Gasteiger partial charge on any atom is 0.344 e. The van der Waals surface area contributed by atoms with Crippen LogP contribution in [0.5, 0.6) is 0 Å². The molecule has 17 heteroatoms. The third-order valence-electron chi connectivity index (χ3n) is 16.6.